The summed E-state index contributed by atoms with van der Waals surface area (Å²) in [6.07, 6.45) is 0. The Morgan fingerprint density at radius 3 is 1.56 bits per heavy atom. The van der Waals surface area contributed by atoms with E-state index in [-0.39, 0.29) is 11.3 Å². The number of hydrogen-bond acceptors (Lipinski definition) is 2. The van der Waals surface area contributed by atoms with Gasteiger partial charge in [0.2, 0.25) is 0 Å². The summed E-state index contributed by atoms with van der Waals surface area (Å²) in [7, 11) is 0. The predicted octanol–water partition coefficient (Wildman–Crippen LogP) is 3.55. The zero-order chi connectivity index (χ0) is 18.8. The van der Waals surface area contributed by atoms with Gasteiger partial charge in [0.25, 0.3) is 0 Å². The molecule has 1 unspecified atom stereocenters. The summed E-state index contributed by atoms with van der Waals surface area (Å²) in [6.45, 7) is 4.36. The molecule has 3 aliphatic carbocycles. The summed E-state index contributed by atoms with van der Waals surface area (Å²) in [5, 5.41) is 22.4. The molecule has 27 heavy (non-hydrogen) atoms. The van der Waals surface area contributed by atoms with Gasteiger partial charge >= 0.3 is 0 Å². The van der Waals surface area contributed by atoms with E-state index in [1.807, 2.05) is 30.3 Å². The molecular weight excluding hydrogens is 334 g/mol. The third-order valence-corrected chi connectivity index (χ3v) is 7.09. The summed E-state index contributed by atoms with van der Waals surface area (Å²) >= 11 is 0. The average Bonchev–Trinajstić information content (AvgIpc) is 2.70. The molecule has 0 fully saturated rings. The lowest BCUT2D eigenvalue weighted by molar-refractivity contribution is -1.07. The molecule has 0 radical (unpaired) electrons. The van der Waals surface area contributed by atoms with Crippen LogP contribution < -0.4 is 5.23 Å². The van der Waals surface area contributed by atoms with Gasteiger partial charge in [0.15, 0.2) is 0 Å². The molecule has 0 spiro atoms. The second kappa shape index (κ2) is 5.52. The number of benzene rings is 3. The van der Waals surface area contributed by atoms with E-state index in [0.717, 1.165) is 16.7 Å². The molecule has 3 aromatic carbocycles. The fourth-order valence-electron chi connectivity index (χ4n) is 5.98. The Bertz CT molecular complexity index is 964. The largest absolute Gasteiger partial charge is 0.600 e. The third-order valence-electron chi connectivity index (χ3n) is 7.09. The van der Waals surface area contributed by atoms with Crippen LogP contribution in [0.2, 0.25) is 0 Å². The number of quaternary nitrogens is 1. The summed E-state index contributed by atoms with van der Waals surface area (Å²) < 4.78 is 0. The number of hydroxylamine groups is 2. The first-order valence-electron chi connectivity index (χ1n) is 9.48. The van der Waals surface area contributed by atoms with E-state index >= 15 is 0 Å². The molecule has 6 rings (SSSR count). The molecule has 136 valence electrons. The summed E-state index contributed by atoms with van der Waals surface area (Å²) in [4.78, 5) is 0. The maximum Gasteiger partial charge on any atom is 0.138 e. The predicted molar refractivity (Wildman–Crippen MR) is 105 cm³/mol. The van der Waals surface area contributed by atoms with Crippen LogP contribution in [-0.2, 0) is 10.8 Å². The smallest absolute Gasteiger partial charge is 0.138 e. The van der Waals surface area contributed by atoms with Gasteiger partial charge in [-0.15, -0.1) is 0 Å². The Balaban J connectivity index is 1.94. The van der Waals surface area contributed by atoms with Gasteiger partial charge in [-0.25, -0.2) is 10.4 Å². The Morgan fingerprint density at radius 2 is 1.11 bits per heavy atom. The lowest BCUT2D eigenvalue weighted by atomic mass is 9.43. The minimum absolute atomic E-state index is 0.119. The molecule has 3 aromatic rings. The van der Waals surface area contributed by atoms with Crippen LogP contribution in [-0.4, -0.2) is 11.2 Å². The second-order valence-corrected chi connectivity index (χ2v) is 8.20. The van der Waals surface area contributed by atoms with E-state index < -0.39 is 16.7 Å². The van der Waals surface area contributed by atoms with Crippen molar-refractivity contribution in [3.05, 3.63) is 112 Å². The van der Waals surface area contributed by atoms with Crippen molar-refractivity contribution in [1.29, 1.82) is 0 Å². The fourth-order valence-corrected chi connectivity index (χ4v) is 5.98. The molecule has 0 saturated carbocycles. The summed E-state index contributed by atoms with van der Waals surface area (Å²) in [5.41, 5.74) is 5.00. The van der Waals surface area contributed by atoms with E-state index in [1.54, 1.807) is 0 Å². The van der Waals surface area contributed by atoms with Crippen LogP contribution in [0.1, 0.15) is 47.6 Å². The van der Waals surface area contributed by atoms with Crippen LogP contribution >= 0.6 is 0 Å². The molecule has 0 heterocycles. The van der Waals surface area contributed by atoms with Crippen LogP contribution in [0.4, 0.5) is 0 Å². The van der Waals surface area contributed by atoms with Crippen LogP contribution in [0.3, 0.4) is 0 Å². The standard InChI is InChI=1S/C24H23NO2/c1-23-17-12-6-8-14-19(17)24(2,20-15-9-7-13-18(20)23)22(25(26)27)21(23)16-10-4-3-5-11-16/h3-15,21-22,25-26H,1-2H3/t21-,22+,23?,24?/m0/s1. The first kappa shape index (κ1) is 16.7. The normalized spacial score (nSPS) is 31.9. The van der Waals surface area contributed by atoms with E-state index in [1.165, 1.54) is 11.1 Å². The molecule has 3 nitrogen and oxygen atoms in total. The van der Waals surface area contributed by atoms with Crippen LogP contribution in [0.15, 0.2) is 78.9 Å². The van der Waals surface area contributed by atoms with E-state index in [2.05, 4.69) is 62.4 Å². The van der Waals surface area contributed by atoms with Crippen molar-refractivity contribution in [1.82, 2.24) is 0 Å². The minimum atomic E-state index is -0.721. The highest BCUT2D eigenvalue weighted by molar-refractivity contribution is 5.66. The van der Waals surface area contributed by atoms with Crippen molar-refractivity contribution in [2.75, 3.05) is 0 Å². The maximum atomic E-state index is 12.7. The van der Waals surface area contributed by atoms with Gasteiger partial charge in [-0.2, -0.15) is 0 Å². The highest BCUT2D eigenvalue weighted by Gasteiger charge is 2.65. The van der Waals surface area contributed by atoms with Crippen LogP contribution in [0.5, 0.6) is 0 Å². The number of rotatable bonds is 2. The molecule has 2 N–H and O–H groups in total. The Labute approximate surface area is 159 Å². The Morgan fingerprint density at radius 1 is 0.704 bits per heavy atom. The highest BCUT2D eigenvalue weighted by atomic mass is 16.8. The van der Waals surface area contributed by atoms with Gasteiger partial charge in [0.1, 0.15) is 6.04 Å². The van der Waals surface area contributed by atoms with Gasteiger partial charge in [-0.1, -0.05) is 85.8 Å². The minimum Gasteiger partial charge on any atom is -0.600 e. The SMILES string of the molecule is CC12c3ccccc3C(C)(c3ccccc31)[C@H]([NH+]([O-])O)[C@@H]2c1ccccc1. The molecule has 0 saturated heterocycles. The van der Waals surface area contributed by atoms with Gasteiger partial charge in [0, 0.05) is 5.41 Å². The van der Waals surface area contributed by atoms with Gasteiger partial charge < -0.3 is 5.21 Å². The van der Waals surface area contributed by atoms with Crippen LogP contribution in [0.25, 0.3) is 0 Å². The van der Waals surface area contributed by atoms with Crippen molar-refractivity contribution < 1.29 is 10.4 Å². The lowest BCUT2D eigenvalue weighted by Gasteiger charge is -2.61. The molecule has 3 aliphatic rings. The van der Waals surface area contributed by atoms with Crippen LogP contribution in [0, 0.1) is 5.21 Å². The highest BCUT2D eigenvalue weighted by Crippen LogP contribution is 2.63. The number of hydrogen-bond donors (Lipinski definition) is 2. The average molecular weight is 357 g/mol. The molecular formula is C24H23NO2. The Hall–Kier alpha value is -2.46. The van der Waals surface area contributed by atoms with Gasteiger partial charge in [0.05, 0.1) is 11.3 Å². The monoisotopic (exact) mass is 357 g/mol. The third kappa shape index (κ3) is 1.91. The zero-order valence-corrected chi connectivity index (χ0v) is 15.5. The molecule has 3 heteroatoms. The van der Waals surface area contributed by atoms with E-state index in [0.29, 0.717) is 0 Å². The molecule has 0 aliphatic heterocycles. The maximum absolute atomic E-state index is 12.7. The van der Waals surface area contributed by atoms with Gasteiger partial charge in [-0.05, 0) is 34.7 Å². The van der Waals surface area contributed by atoms with Crippen molar-refractivity contribution >= 4 is 0 Å². The fraction of sp³-hybridized carbons (Fsp3) is 0.250. The molecule has 2 bridgehead atoms. The first-order valence-corrected chi connectivity index (χ1v) is 9.48. The van der Waals surface area contributed by atoms with E-state index in [9.17, 15) is 10.4 Å². The molecule has 3 atom stereocenters. The summed E-state index contributed by atoms with van der Waals surface area (Å²) in [6, 6.07) is 26.5. The lowest BCUT2D eigenvalue weighted by Crippen LogP contribution is -3.13. The quantitative estimate of drug-likeness (QED) is 0.689. The number of nitrogens with one attached hydrogen (secondary N) is 1. The topological polar surface area (TPSA) is 47.7 Å². The van der Waals surface area contributed by atoms with Crippen molar-refractivity contribution in [3.63, 3.8) is 0 Å². The Kier molecular flexibility index (Phi) is 3.41. The van der Waals surface area contributed by atoms with Crippen molar-refractivity contribution in [3.8, 4) is 0 Å². The van der Waals surface area contributed by atoms with Crippen molar-refractivity contribution in [2.24, 2.45) is 0 Å². The van der Waals surface area contributed by atoms with Crippen molar-refractivity contribution in [2.45, 2.75) is 36.6 Å². The first-order chi connectivity index (χ1) is 13.0. The zero-order valence-electron chi connectivity index (χ0n) is 15.5. The molecule has 0 amide bonds. The number of fused-ring (bicyclic) bond motifs is 1. The molecule has 0 aromatic heterocycles. The van der Waals surface area contributed by atoms with E-state index in [4.69, 9.17) is 0 Å². The summed E-state index contributed by atoms with van der Waals surface area (Å²) in [5.74, 6) is -0.119. The van der Waals surface area contributed by atoms with Gasteiger partial charge in [-0.3, -0.25) is 0 Å². The second-order valence-electron chi connectivity index (χ2n) is 8.20.